The van der Waals surface area contributed by atoms with E-state index in [9.17, 15) is 0 Å². The second kappa shape index (κ2) is 9.67. The van der Waals surface area contributed by atoms with Crippen LogP contribution in [0.25, 0.3) is 0 Å². The van der Waals surface area contributed by atoms with Crippen LogP contribution < -0.4 is 15.5 Å². The molecule has 1 fully saturated rings. The Balaban J connectivity index is 1.48. The van der Waals surface area contributed by atoms with Gasteiger partial charge < -0.3 is 20.1 Å². The number of nitrogens with zero attached hydrogens (tertiary/aromatic N) is 3. The number of aliphatic imine (C=N–C) groups is 1. The first-order valence-electron chi connectivity index (χ1n) is 9.38. The van der Waals surface area contributed by atoms with E-state index in [1.54, 1.807) is 0 Å². The molecule has 0 aliphatic carbocycles. The molecule has 1 aromatic heterocycles. The molecule has 1 atom stereocenters. The minimum atomic E-state index is 0.605. The van der Waals surface area contributed by atoms with Gasteiger partial charge in [-0.1, -0.05) is 22.0 Å². The molecule has 1 aliphatic rings. The summed E-state index contributed by atoms with van der Waals surface area (Å²) in [4.78, 5) is 7.26. The van der Waals surface area contributed by atoms with Gasteiger partial charge in [0.1, 0.15) is 0 Å². The third-order valence-electron chi connectivity index (χ3n) is 4.64. The summed E-state index contributed by atoms with van der Waals surface area (Å²) in [7, 11) is 0. The Morgan fingerprint density at radius 1 is 1.23 bits per heavy atom. The predicted octanol–water partition coefficient (Wildman–Crippen LogP) is 3.33. The van der Waals surface area contributed by atoms with Gasteiger partial charge in [-0.15, -0.1) is 0 Å². The fraction of sp³-hybridized carbons (Fsp3) is 0.450. The monoisotopic (exact) mass is 417 g/mol. The standard InChI is InChI=1S/C20H28BrN5/c1-2-22-20(23-9-13-25-10-3-4-11-25)24-15-17-8-12-26(16-17)19-7-5-6-18(21)14-19/h3-7,10-11,14,17H,2,8-9,12-13,15-16H2,1H3,(H2,22,23,24). The summed E-state index contributed by atoms with van der Waals surface area (Å²) in [5, 5.41) is 6.78. The summed E-state index contributed by atoms with van der Waals surface area (Å²) in [6.07, 6.45) is 5.36. The second-order valence-electron chi connectivity index (χ2n) is 6.65. The smallest absolute Gasteiger partial charge is 0.191 e. The van der Waals surface area contributed by atoms with Crippen molar-refractivity contribution in [3.05, 3.63) is 53.3 Å². The van der Waals surface area contributed by atoms with Crippen LogP contribution in [0.3, 0.4) is 0 Å². The van der Waals surface area contributed by atoms with Crippen molar-refractivity contribution in [3.63, 3.8) is 0 Å². The molecule has 5 nitrogen and oxygen atoms in total. The van der Waals surface area contributed by atoms with Gasteiger partial charge in [0.05, 0.1) is 0 Å². The van der Waals surface area contributed by atoms with Crippen LogP contribution in [0.4, 0.5) is 5.69 Å². The summed E-state index contributed by atoms with van der Waals surface area (Å²) < 4.78 is 3.31. The molecule has 1 aliphatic heterocycles. The zero-order valence-corrected chi connectivity index (χ0v) is 17.0. The van der Waals surface area contributed by atoms with Gasteiger partial charge in [0.25, 0.3) is 0 Å². The predicted molar refractivity (Wildman–Crippen MR) is 113 cm³/mol. The van der Waals surface area contributed by atoms with Crippen LogP contribution in [-0.4, -0.2) is 43.3 Å². The number of aromatic nitrogens is 1. The first-order chi connectivity index (χ1) is 12.7. The number of anilines is 1. The van der Waals surface area contributed by atoms with Crippen molar-refractivity contribution >= 4 is 27.6 Å². The minimum absolute atomic E-state index is 0.605. The molecule has 2 aromatic rings. The van der Waals surface area contributed by atoms with Crippen molar-refractivity contribution in [2.24, 2.45) is 10.9 Å². The van der Waals surface area contributed by atoms with Gasteiger partial charge in [0.15, 0.2) is 5.96 Å². The van der Waals surface area contributed by atoms with Crippen LogP contribution in [0.5, 0.6) is 0 Å². The van der Waals surface area contributed by atoms with Gasteiger partial charge in [-0.2, -0.15) is 0 Å². The lowest BCUT2D eigenvalue weighted by molar-refractivity contribution is 0.596. The van der Waals surface area contributed by atoms with Crippen LogP contribution in [-0.2, 0) is 6.54 Å². The molecule has 0 saturated carbocycles. The van der Waals surface area contributed by atoms with Crippen LogP contribution >= 0.6 is 15.9 Å². The molecule has 0 amide bonds. The summed E-state index contributed by atoms with van der Waals surface area (Å²) in [5.74, 6) is 1.52. The molecule has 0 spiro atoms. The van der Waals surface area contributed by atoms with E-state index >= 15 is 0 Å². The topological polar surface area (TPSA) is 44.6 Å². The third-order valence-corrected chi connectivity index (χ3v) is 5.13. The molecule has 1 saturated heterocycles. The number of hydrogen-bond donors (Lipinski definition) is 2. The van der Waals surface area contributed by atoms with Gasteiger partial charge in [0.2, 0.25) is 0 Å². The zero-order valence-electron chi connectivity index (χ0n) is 15.4. The third kappa shape index (κ3) is 5.53. The Kier molecular flexibility index (Phi) is 7.00. The lowest BCUT2D eigenvalue weighted by Gasteiger charge is -2.19. The van der Waals surface area contributed by atoms with Crippen molar-refractivity contribution in [3.8, 4) is 0 Å². The maximum absolute atomic E-state index is 4.81. The molecule has 2 heterocycles. The van der Waals surface area contributed by atoms with Crippen molar-refractivity contribution in [2.75, 3.05) is 37.6 Å². The fourth-order valence-corrected chi connectivity index (χ4v) is 3.66. The lowest BCUT2D eigenvalue weighted by Crippen LogP contribution is -2.39. The summed E-state index contributed by atoms with van der Waals surface area (Å²) in [6.45, 7) is 7.84. The van der Waals surface area contributed by atoms with E-state index in [1.165, 1.54) is 12.1 Å². The summed E-state index contributed by atoms with van der Waals surface area (Å²) in [5.41, 5.74) is 1.29. The zero-order chi connectivity index (χ0) is 18.2. The van der Waals surface area contributed by atoms with Crippen molar-refractivity contribution < 1.29 is 0 Å². The highest BCUT2D eigenvalue weighted by molar-refractivity contribution is 9.10. The van der Waals surface area contributed by atoms with E-state index in [0.29, 0.717) is 5.92 Å². The minimum Gasteiger partial charge on any atom is -0.371 e. The number of rotatable bonds is 7. The highest BCUT2D eigenvalue weighted by Gasteiger charge is 2.22. The highest BCUT2D eigenvalue weighted by Crippen LogP contribution is 2.26. The lowest BCUT2D eigenvalue weighted by atomic mass is 10.1. The molecular weight excluding hydrogens is 390 g/mol. The van der Waals surface area contributed by atoms with E-state index in [2.05, 4.69) is 91.7 Å². The molecule has 0 bridgehead atoms. The fourth-order valence-electron chi connectivity index (χ4n) is 3.27. The molecule has 2 N–H and O–H groups in total. The van der Waals surface area contributed by atoms with E-state index in [-0.39, 0.29) is 0 Å². The van der Waals surface area contributed by atoms with E-state index in [0.717, 1.165) is 49.7 Å². The molecule has 3 rings (SSSR count). The van der Waals surface area contributed by atoms with Crippen molar-refractivity contribution in [2.45, 2.75) is 19.9 Å². The molecule has 0 radical (unpaired) electrons. The highest BCUT2D eigenvalue weighted by atomic mass is 79.9. The Bertz CT molecular complexity index is 698. The Morgan fingerprint density at radius 3 is 2.85 bits per heavy atom. The van der Waals surface area contributed by atoms with Gasteiger partial charge in [-0.05, 0) is 49.6 Å². The summed E-state index contributed by atoms with van der Waals surface area (Å²) in [6, 6.07) is 12.7. The SMILES string of the molecule is CCNC(=NCC1CCN(c2cccc(Br)c2)C1)NCCn1cccc1. The van der Waals surface area contributed by atoms with Crippen molar-refractivity contribution in [1.29, 1.82) is 0 Å². The normalized spacial score (nSPS) is 17.5. The Labute approximate surface area is 164 Å². The maximum atomic E-state index is 4.81. The number of guanidine groups is 1. The average molecular weight is 418 g/mol. The maximum Gasteiger partial charge on any atom is 0.191 e. The molecule has 26 heavy (non-hydrogen) atoms. The van der Waals surface area contributed by atoms with Crippen LogP contribution in [0, 0.1) is 5.92 Å². The molecule has 1 aromatic carbocycles. The number of hydrogen-bond acceptors (Lipinski definition) is 2. The number of halogens is 1. The molecule has 1 unspecified atom stereocenters. The summed E-state index contributed by atoms with van der Waals surface area (Å²) >= 11 is 3.56. The van der Waals surface area contributed by atoms with Gasteiger partial charge in [-0.3, -0.25) is 4.99 Å². The molecular formula is C20H28BrN5. The second-order valence-corrected chi connectivity index (χ2v) is 7.56. The largest absolute Gasteiger partial charge is 0.371 e. The van der Waals surface area contributed by atoms with Crippen LogP contribution in [0.2, 0.25) is 0 Å². The first-order valence-corrected chi connectivity index (χ1v) is 10.2. The van der Waals surface area contributed by atoms with Gasteiger partial charge in [0, 0.05) is 61.8 Å². The van der Waals surface area contributed by atoms with E-state index in [4.69, 9.17) is 4.99 Å². The first kappa shape index (κ1) is 18.8. The van der Waals surface area contributed by atoms with E-state index in [1.807, 2.05) is 0 Å². The van der Waals surface area contributed by atoms with Crippen LogP contribution in [0.15, 0.2) is 58.3 Å². The Morgan fingerprint density at radius 2 is 2.08 bits per heavy atom. The van der Waals surface area contributed by atoms with Gasteiger partial charge in [-0.25, -0.2) is 0 Å². The van der Waals surface area contributed by atoms with Crippen molar-refractivity contribution in [1.82, 2.24) is 15.2 Å². The molecule has 6 heteroatoms. The van der Waals surface area contributed by atoms with Crippen LogP contribution in [0.1, 0.15) is 13.3 Å². The average Bonchev–Trinajstić information content (AvgIpc) is 3.31. The number of benzene rings is 1. The quantitative estimate of drug-likeness (QED) is 0.536. The Hall–Kier alpha value is -1.95. The molecule has 140 valence electrons. The number of nitrogens with one attached hydrogen (secondary N) is 2. The van der Waals surface area contributed by atoms with Gasteiger partial charge >= 0.3 is 0 Å². The van der Waals surface area contributed by atoms with E-state index < -0.39 is 0 Å².